The fourth-order valence-electron chi connectivity index (χ4n) is 2.02. The van der Waals surface area contributed by atoms with Gasteiger partial charge in [0.1, 0.15) is 5.36 Å². The van der Waals surface area contributed by atoms with E-state index in [2.05, 4.69) is 17.1 Å². The molecule has 0 atom stereocenters. The highest BCUT2D eigenvalue weighted by atomic mass is 15.1. The van der Waals surface area contributed by atoms with Crippen molar-refractivity contribution in [2.45, 2.75) is 0 Å². The molecule has 3 nitrogen and oxygen atoms in total. The van der Waals surface area contributed by atoms with Crippen molar-refractivity contribution in [2.75, 3.05) is 7.05 Å². The summed E-state index contributed by atoms with van der Waals surface area (Å²) in [5.41, 5.74) is 1.11. The van der Waals surface area contributed by atoms with Crippen molar-refractivity contribution in [1.82, 2.24) is 4.58 Å². The number of fused-ring (bicyclic) bond motifs is 2. The lowest BCUT2D eigenvalue weighted by molar-refractivity contribution is 0.957. The number of aliphatic imine (C=N–C) groups is 1. The Hall–Kier alpha value is -2.03. The molecule has 2 heterocycles. The van der Waals surface area contributed by atoms with Gasteiger partial charge >= 0.3 is 5.84 Å². The molecule has 15 heavy (non-hydrogen) atoms. The maximum Gasteiger partial charge on any atom is 0.333 e. The van der Waals surface area contributed by atoms with Crippen molar-refractivity contribution in [1.29, 1.82) is 5.41 Å². The van der Waals surface area contributed by atoms with E-state index in [9.17, 15) is 0 Å². The number of dihydropyridines is 1. The van der Waals surface area contributed by atoms with Gasteiger partial charge in [-0.25, -0.2) is 4.58 Å². The standard InChI is InChI=1S/C12H10N3/c1-15-10-5-3-2-4-8(10)9-6-7-11(13)14-12(9)15/h2-7,13H,1H3/q+1. The van der Waals surface area contributed by atoms with Crippen molar-refractivity contribution < 1.29 is 0 Å². The first-order chi connectivity index (χ1) is 7.27. The summed E-state index contributed by atoms with van der Waals surface area (Å²) in [6, 6.07) is 8.20. The average Bonchev–Trinajstić information content (AvgIpc) is 2.54. The Bertz CT molecular complexity index is 648. The van der Waals surface area contributed by atoms with Gasteiger partial charge in [0, 0.05) is 11.3 Å². The van der Waals surface area contributed by atoms with Crippen molar-refractivity contribution >= 4 is 17.2 Å². The monoisotopic (exact) mass is 196 g/mol. The van der Waals surface area contributed by atoms with Crippen molar-refractivity contribution in [2.24, 2.45) is 4.99 Å². The molecule has 1 aromatic rings. The number of nitrogens with zero attached hydrogens (tertiary/aromatic N) is 2. The number of nitrogens with one attached hydrogen (secondary N) is 1. The van der Waals surface area contributed by atoms with E-state index in [0.717, 1.165) is 16.8 Å². The second-order valence-electron chi connectivity index (χ2n) is 3.64. The van der Waals surface area contributed by atoms with Crippen LogP contribution in [0.4, 0.5) is 0 Å². The predicted octanol–water partition coefficient (Wildman–Crippen LogP) is -0.0826. The van der Waals surface area contributed by atoms with E-state index < -0.39 is 0 Å². The minimum Gasteiger partial charge on any atom is -0.260 e. The zero-order chi connectivity index (χ0) is 10.4. The molecular weight excluding hydrogens is 186 g/mol. The molecule has 1 N–H and O–H groups in total. The van der Waals surface area contributed by atoms with Crippen LogP contribution >= 0.6 is 0 Å². The first-order valence-electron chi connectivity index (χ1n) is 4.83. The lowest BCUT2D eigenvalue weighted by atomic mass is 10.1. The fourth-order valence-corrected chi connectivity index (χ4v) is 2.02. The number of hydrogen-bond acceptors (Lipinski definition) is 1. The van der Waals surface area contributed by atoms with Gasteiger partial charge in [0.2, 0.25) is 0 Å². The van der Waals surface area contributed by atoms with Gasteiger partial charge in [-0.2, -0.15) is 0 Å². The van der Waals surface area contributed by atoms with E-state index >= 15 is 0 Å². The number of rotatable bonds is 0. The molecule has 0 saturated heterocycles. The third-order valence-corrected chi connectivity index (χ3v) is 2.75. The summed E-state index contributed by atoms with van der Waals surface area (Å²) >= 11 is 0. The number of amidine groups is 2. The van der Waals surface area contributed by atoms with Gasteiger partial charge in [-0.3, -0.25) is 5.41 Å². The second-order valence-corrected chi connectivity index (χ2v) is 3.64. The minimum absolute atomic E-state index is 0.313. The van der Waals surface area contributed by atoms with Crippen LogP contribution in [-0.2, 0) is 0 Å². The topological polar surface area (TPSA) is 39.2 Å². The van der Waals surface area contributed by atoms with E-state index in [1.165, 1.54) is 5.22 Å². The van der Waals surface area contributed by atoms with Crippen LogP contribution in [0.5, 0.6) is 0 Å². The van der Waals surface area contributed by atoms with Crippen LogP contribution in [0.1, 0.15) is 0 Å². The lowest BCUT2D eigenvalue weighted by Gasteiger charge is -1.98. The summed E-state index contributed by atoms with van der Waals surface area (Å²) in [6.45, 7) is 0. The Morgan fingerprint density at radius 2 is 2.00 bits per heavy atom. The highest BCUT2D eigenvalue weighted by Crippen LogP contribution is 2.08. The first kappa shape index (κ1) is 8.29. The molecule has 0 amide bonds. The molecule has 3 heteroatoms. The maximum absolute atomic E-state index is 7.52. The molecule has 0 aliphatic carbocycles. The Labute approximate surface area is 86.9 Å². The van der Waals surface area contributed by atoms with Gasteiger partial charge in [0.05, 0.1) is 12.6 Å². The van der Waals surface area contributed by atoms with Gasteiger partial charge in [0.25, 0.3) is 5.84 Å². The highest BCUT2D eigenvalue weighted by Gasteiger charge is 2.27. The Morgan fingerprint density at radius 1 is 1.20 bits per heavy atom. The SMILES string of the molecule is C[N+]1=c2ccccc2=C2C=CC(=N)N=C21. The molecule has 0 bridgehead atoms. The van der Waals surface area contributed by atoms with Gasteiger partial charge in [0.15, 0.2) is 0 Å². The molecule has 3 rings (SSSR count). The molecular formula is C12H10N3+. The molecule has 0 spiro atoms. The first-order valence-corrected chi connectivity index (χ1v) is 4.83. The summed E-state index contributed by atoms with van der Waals surface area (Å²) in [5.74, 6) is 1.19. The van der Waals surface area contributed by atoms with E-state index in [-0.39, 0.29) is 0 Å². The average molecular weight is 196 g/mol. The zero-order valence-electron chi connectivity index (χ0n) is 8.36. The number of para-hydroxylation sites is 1. The maximum atomic E-state index is 7.52. The minimum atomic E-state index is 0.313. The summed E-state index contributed by atoms with van der Waals surface area (Å²) in [6.07, 6.45) is 3.70. The lowest BCUT2D eigenvalue weighted by Crippen LogP contribution is -2.32. The van der Waals surface area contributed by atoms with E-state index in [0.29, 0.717) is 5.84 Å². The van der Waals surface area contributed by atoms with Crippen LogP contribution < -0.4 is 15.2 Å². The normalized spacial score (nSPS) is 17.7. The summed E-state index contributed by atoms with van der Waals surface area (Å²) < 4.78 is 2.03. The van der Waals surface area contributed by atoms with Gasteiger partial charge in [-0.05, 0) is 23.2 Å². The Balaban J connectivity index is 2.51. The van der Waals surface area contributed by atoms with Crippen molar-refractivity contribution in [3.8, 4) is 0 Å². The quantitative estimate of drug-likeness (QED) is 0.564. The number of benzene rings is 1. The predicted molar refractivity (Wildman–Crippen MR) is 60.6 cm³/mol. The molecule has 2 aliphatic rings. The molecule has 0 radical (unpaired) electrons. The van der Waals surface area contributed by atoms with Crippen LogP contribution in [0, 0.1) is 5.41 Å². The molecule has 72 valence electrons. The van der Waals surface area contributed by atoms with Gasteiger partial charge < -0.3 is 0 Å². The van der Waals surface area contributed by atoms with Crippen LogP contribution in [-0.4, -0.2) is 18.7 Å². The third kappa shape index (κ3) is 1.03. The van der Waals surface area contributed by atoms with Gasteiger partial charge in [-0.15, -0.1) is 0 Å². The molecule has 0 aromatic heterocycles. The van der Waals surface area contributed by atoms with Crippen LogP contribution in [0.2, 0.25) is 0 Å². The van der Waals surface area contributed by atoms with Crippen LogP contribution in [0.25, 0.3) is 5.57 Å². The summed E-state index contributed by atoms with van der Waals surface area (Å²) in [5, 5.41) is 9.88. The highest BCUT2D eigenvalue weighted by molar-refractivity contribution is 6.28. The van der Waals surface area contributed by atoms with Gasteiger partial charge in [-0.1, -0.05) is 12.1 Å². The fraction of sp³-hybridized carbons (Fsp3) is 0.0833. The molecule has 0 saturated carbocycles. The van der Waals surface area contributed by atoms with Crippen LogP contribution in [0.15, 0.2) is 41.4 Å². The van der Waals surface area contributed by atoms with Crippen LogP contribution in [0.3, 0.4) is 0 Å². The summed E-state index contributed by atoms with van der Waals surface area (Å²) in [4.78, 5) is 4.24. The van der Waals surface area contributed by atoms with Crippen molar-refractivity contribution in [3.05, 3.63) is 47.0 Å². The van der Waals surface area contributed by atoms with Crippen molar-refractivity contribution in [3.63, 3.8) is 0 Å². The van der Waals surface area contributed by atoms with E-state index in [1.54, 1.807) is 6.08 Å². The number of hydrogen-bond donors (Lipinski definition) is 1. The zero-order valence-corrected chi connectivity index (χ0v) is 8.36. The molecule has 1 aromatic carbocycles. The third-order valence-electron chi connectivity index (χ3n) is 2.75. The largest absolute Gasteiger partial charge is 0.333 e. The van der Waals surface area contributed by atoms with E-state index in [4.69, 9.17) is 5.41 Å². The van der Waals surface area contributed by atoms with E-state index in [1.807, 2.05) is 29.8 Å². The molecule has 0 fully saturated rings. The summed E-state index contributed by atoms with van der Waals surface area (Å²) in [7, 11) is 1.98. The second kappa shape index (κ2) is 2.73. The molecule has 2 aliphatic heterocycles. The Morgan fingerprint density at radius 3 is 2.87 bits per heavy atom. The Kier molecular flexibility index (Phi) is 1.51. The molecule has 0 unspecified atom stereocenters. The smallest absolute Gasteiger partial charge is 0.260 e.